The Labute approximate surface area is 328 Å². The number of carbonyl (C=O) groups excluding carboxylic acids is 4. The Morgan fingerprint density at radius 3 is 2.04 bits per heavy atom. The van der Waals surface area contributed by atoms with E-state index in [2.05, 4.69) is 69.5 Å². The van der Waals surface area contributed by atoms with Crippen molar-refractivity contribution in [3.63, 3.8) is 0 Å². The first-order chi connectivity index (χ1) is 27.0. The lowest BCUT2D eigenvalue weighted by Gasteiger charge is -2.37. The summed E-state index contributed by atoms with van der Waals surface area (Å²) in [7, 11) is 2.60. The molecule has 4 heterocycles. The zero-order chi connectivity index (χ0) is 39.7. The number of aromatic amines is 1. The normalized spacial score (nSPS) is 23.9. The molecule has 7 rings (SSSR count). The van der Waals surface area contributed by atoms with Gasteiger partial charge in [-0.15, -0.1) is 0 Å². The van der Waals surface area contributed by atoms with Crippen LogP contribution in [0.1, 0.15) is 83.3 Å². The van der Waals surface area contributed by atoms with Gasteiger partial charge in [-0.1, -0.05) is 76.2 Å². The van der Waals surface area contributed by atoms with Crippen molar-refractivity contribution in [3.8, 4) is 22.4 Å². The number of nitrogens with zero attached hydrogens (tertiary/aromatic N) is 4. The van der Waals surface area contributed by atoms with Crippen LogP contribution in [-0.2, 0) is 19.1 Å². The van der Waals surface area contributed by atoms with E-state index in [1.165, 1.54) is 14.2 Å². The fourth-order valence-electron chi connectivity index (χ4n) is 8.94. The third kappa shape index (κ3) is 7.70. The summed E-state index contributed by atoms with van der Waals surface area (Å²) in [5, 5.41) is 9.05. The van der Waals surface area contributed by atoms with Crippen molar-refractivity contribution in [2.24, 2.45) is 22.7 Å². The van der Waals surface area contributed by atoms with Gasteiger partial charge in [-0.25, -0.2) is 14.6 Å². The number of carbonyl (C=O) groups is 4. The Morgan fingerprint density at radius 1 is 0.804 bits per heavy atom. The molecular formula is C42H54N8O6. The van der Waals surface area contributed by atoms with Crippen LogP contribution in [0.2, 0.25) is 0 Å². The molecule has 1 unspecified atom stereocenters. The smallest absolute Gasteiger partial charge is 0.407 e. The first kappa shape index (κ1) is 38.9. The second kappa shape index (κ2) is 16.4. The van der Waals surface area contributed by atoms with Crippen LogP contribution in [0.3, 0.4) is 0 Å². The van der Waals surface area contributed by atoms with Crippen LogP contribution in [0, 0.1) is 17.8 Å². The lowest BCUT2D eigenvalue weighted by atomic mass is 9.95. The van der Waals surface area contributed by atoms with E-state index in [4.69, 9.17) is 19.5 Å². The van der Waals surface area contributed by atoms with Gasteiger partial charge in [-0.2, -0.15) is 0 Å². The van der Waals surface area contributed by atoms with Gasteiger partial charge in [0.05, 0.1) is 50.8 Å². The van der Waals surface area contributed by atoms with Gasteiger partial charge in [0.2, 0.25) is 11.8 Å². The molecule has 3 aliphatic heterocycles. The molecule has 4 N–H and O–H groups in total. The van der Waals surface area contributed by atoms with Crippen molar-refractivity contribution in [1.29, 1.82) is 0 Å². The topological polar surface area (TPSA) is 170 Å². The Kier molecular flexibility index (Phi) is 11.4. The summed E-state index contributed by atoms with van der Waals surface area (Å²) in [6.45, 7) is 8.88. The number of amides is 4. The zero-order valence-corrected chi connectivity index (χ0v) is 33.1. The van der Waals surface area contributed by atoms with Crippen LogP contribution >= 0.6 is 0 Å². The fourth-order valence-corrected chi connectivity index (χ4v) is 8.94. The number of rotatable bonds is 11. The number of piperidine rings is 1. The van der Waals surface area contributed by atoms with Gasteiger partial charge in [-0.3, -0.25) is 14.6 Å². The Morgan fingerprint density at radius 2 is 1.41 bits per heavy atom. The summed E-state index contributed by atoms with van der Waals surface area (Å²) in [6, 6.07) is 15.3. The van der Waals surface area contributed by atoms with Gasteiger partial charge in [-0.05, 0) is 72.1 Å². The number of ether oxygens (including phenoxy) is 2. The van der Waals surface area contributed by atoms with Gasteiger partial charge in [0.25, 0.3) is 0 Å². The first-order valence-corrected chi connectivity index (χ1v) is 19.9. The predicted molar refractivity (Wildman–Crippen MR) is 211 cm³/mol. The maximum atomic E-state index is 13.9. The molecule has 0 spiro atoms. The highest BCUT2D eigenvalue weighted by molar-refractivity contribution is 5.95. The Bertz CT molecular complexity index is 1940. The number of aromatic nitrogens is 2. The second-order valence-electron chi connectivity index (χ2n) is 16.1. The minimum atomic E-state index is -0.678. The van der Waals surface area contributed by atoms with E-state index in [9.17, 15) is 19.2 Å². The quantitative estimate of drug-likeness (QED) is 0.196. The number of methoxy groups -OCH3 is 2. The van der Waals surface area contributed by atoms with Crippen LogP contribution in [0.4, 0.5) is 9.59 Å². The molecule has 3 fully saturated rings. The average molecular weight is 767 g/mol. The van der Waals surface area contributed by atoms with Crippen molar-refractivity contribution in [2.45, 2.75) is 96.1 Å². The predicted octanol–water partition coefficient (Wildman–Crippen LogP) is 5.59. The van der Waals surface area contributed by atoms with Gasteiger partial charge in [0.1, 0.15) is 23.7 Å². The third-order valence-electron chi connectivity index (χ3n) is 12.0. The fraction of sp³-hybridized carbons (Fsp3) is 0.524. The molecule has 2 saturated heterocycles. The number of hydrogen-bond acceptors (Lipinski definition) is 9. The van der Waals surface area contributed by atoms with Gasteiger partial charge in [0, 0.05) is 12.6 Å². The SMILES string of the molecule is COC(=O)N[C@H](C(=O)N1CCC[C@H]1C1=NCC(c2ccc(-c3ccc(-c4cnc([C@@H]5[C@H]6CC[C@H](C6)N5C(=O)[C@@H](NC(=O)OC)C(C)C)[nH]4)cc3)cc2)N1)C(C)C. The zero-order valence-electron chi connectivity index (χ0n) is 33.1. The Balaban J connectivity index is 0.987. The maximum Gasteiger partial charge on any atom is 0.407 e. The molecule has 1 aliphatic carbocycles. The molecule has 14 heteroatoms. The largest absolute Gasteiger partial charge is 0.453 e. The van der Waals surface area contributed by atoms with Gasteiger partial charge < -0.3 is 40.2 Å². The van der Waals surface area contributed by atoms with E-state index in [1.54, 1.807) is 0 Å². The number of nitrogens with one attached hydrogen (secondary N) is 4. The number of fused-ring (bicyclic) bond motifs is 2. The van der Waals surface area contributed by atoms with Crippen LogP contribution in [0.25, 0.3) is 22.4 Å². The second-order valence-corrected chi connectivity index (χ2v) is 16.1. The number of benzene rings is 2. The monoisotopic (exact) mass is 766 g/mol. The number of amidine groups is 1. The summed E-state index contributed by atoms with van der Waals surface area (Å²) in [6.07, 6.45) is 5.24. The molecule has 7 atom stereocenters. The number of likely N-dealkylation sites (tertiary alicyclic amines) is 2. The van der Waals surface area contributed by atoms with E-state index in [0.29, 0.717) is 19.0 Å². The first-order valence-electron chi connectivity index (χ1n) is 19.9. The lowest BCUT2D eigenvalue weighted by Crippen LogP contribution is -2.54. The molecule has 3 aromatic rings. The van der Waals surface area contributed by atoms with E-state index in [1.807, 2.05) is 43.7 Å². The standard InChI is InChI=1S/C42H54N8O6/c1-23(2)34(47-41(53)55-5)39(51)49-19-7-8-33(49)37-43-21-31(45-37)27-13-9-25(10-14-27)26-11-15-28(16-12-26)32-22-44-38(46-32)36-29-17-18-30(20-29)50(36)40(52)35(24(3)4)48-42(54)56-6/h9-16,22-24,29-31,33-36H,7-8,17-21H2,1-6H3,(H,43,45)(H,44,46)(H,47,53)(H,48,54)/t29-,30+,31?,33-,34-,35-,36-/m0/s1. The van der Waals surface area contributed by atoms with Crippen molar-refractivity contribution < 1.29 is 28.7 Å². The van der Waals surface area contributed by atoms with Crippen LogP contribution < -0.4 is 16.0 Å². The van der Waals surface area contributed by atoms with Crippen molar-refractivity contribution in [3.05, 3.63) is 66.1 Å². The van der Waals surface area contributed by atoms with Crippen LogP contribution in [0.5, 0.6) is 0 Å². The number of H-pyrrole nitrogens is 1. The molecule has 4 amide bonds. The summed E-state index contributed by atoms with van der Waals surface area (Å²) in [4.78, 5) is 68.5. The van der Waals surface area contributed by atoms with Gasteiger partial charge in [0.15, 0.2) is 0 Å². The highest BCUT2D eigenvalue weighted by Gasteiger charge is 2.51. The number of aliphatic imine (C=N–C) groups is 1. The minimum Gasteiger partial charge on any atom is -0.453 e. The molecule has 2 bridgehead atoms. The molecular weight excluding hydrogens is 713 g/mol. The van der Waals surface area contributed by atoms with Crippen LogP contribution in [0.15, 0.2) is 59.7 Å². The summed E-state index contributed by atoms with van der Waals surface area (Å²) in [5.74, 6) is 1.51. The number of alkyl carbamates (subject to hydrolysis) is 2. The van der Waals surface area contributed by atoms with Gasteiger partial charge >= 0.3 is 12.2 Å². The van der Waals surface area contributed by atoms with Crippen LogP contribution in [-0.4, -0.2) is 101 Å². The molecule has 4 aliphatic rings. The lowest BCUT2D eigenvalue weighted by molar-refractivity contribution is -0.139. The summed E-state index contributed by atoms with van der Waals surface area (Å²) in [5.41, 5.74) is 5.17. The highest BCUT2D eigenvalue weighted by atomic mass is 16.5. The minimum absolute atomic E-state index is 0.00399. The molecule has 1 saturated carbocycles. The van der Waals surface area contributed by atoms with Crippen molar-refractivity contribution in [1.82, 2.24) is 35.7 Å². The molecule has 14 nitrogen and oxygen atoms in total. The molecule has 56 heavy (non-hydrogen) atoms. The Hall–Kier alpha value is -5.40. The molecule has 1 aromatic heterocycles. The van der Waals surface area contributed by atoms with E-state index in [-0.39, 0.29) is 47.8 Å². The van der Waals surface area contributed by atoms with E-state index in [0.717, 1.165) is 71.7 Å². The average Bonchev–Trinajstić information content (AvgIpc) is 4.06. The summed E-state index contributed by atoms with van der Waals surface area (Å²) < 4.78 is 9.58. The highest BCUT2D eigenvalue weighted by Crippen LogP contribution is 2.50. The summed E-state index contributed by atoms with van der Waals surface area (Å²) >= 11 is 0. The van der Waals surface area contributed by atoms with E-state index >= 15 is 0 Å². The molecule has 2 aromatic carbocycles. The number of hydrogen-bond donors (Lipinski definition) is 4. The number of imidazole rings is 1. The third-order valence-corrected chi connectivity index (χ3v) is 12.0. The molecule has 0 radical (unpaired) electrons. The maximum absolute atomic E-state index is 13.9. The molecule has 298 valence electrons. The van der Waals surface area contributed by atoms with Crippen molar-refractivity contribution >= 4 is 29.8 Å². The van der Waals surface area contributed by atoms with E-state index < -0.39 is 24.3 Å². The van der Waals surface area contributed by atoms with Crippen molar-refractivity contribution in [2.75, 3.05) is 27.3 Å².